The molecule has 2 aromatic heterocycles. The summed E-state index contributed by atoms with van der Waals surface area (Å²) in [5.74, 6) is 0. The van der Waals surface area contributed by atoms with E-state index in [0.29, 0.717) is 11.1 Å². The Hall–Kier alpha value is -5.11. The Bertz CT molecular complexity index is 2290. The minimum Gasteiger partial charge on any atom is -0.307 e. The van der Waals surface area contributed by atoms with E-state index >= 15 is 4.57 Å². The van der Waals surface area contributed by atoms with E-state index in [1.54, 1.807) is 0 Å². The number of fused-ring (bicyclic) bond motifs is 8. The van der Waals surface area contributed by atoms with E-state index in [1.165, 1.54) is 16.2 Å². The van der Waals surface area contributed by atoms with Gasteiger partial charge in [-0.1, -0.05) is 133 Å². The maximum absolute atomic E-state index is 15.2. The standard InChI is InChI=1S/C38H25N2OP/c41-42(26-14-3-1-4-15-26,27-16-5-2-6-17-27)35-25-13-24-34(39-35)38-37-31-21-10-8-19-29(31)28-18-7-9-20-30(28)36(37)32-22-11-12-23-33(32)40-38/h1-25H. The molecule has 42 heavy (non-hydrogen) atoms. The van der Waals surface area contributed by atoms with Crippen LogP contribution in [0.2, 0.25) is 0 Å². The first kappa shape index (κ1) is 24.7. The maximum Gasteiger partial charge on any atom is 0.188 e. The number of rotatable bonds is 4. The molecular formula is C38H25N2OP. The molecule has 0 N–H and O–H groups in total. The first-order valence-corrected chi connectivity index (χ1v) is 15.8. The zero-order valence-electron chi connectivity index (χ0n) is 22.7. The second-order valence-electron chi connectivity index (χ2n) is 10.5. The van der Waals surface area contributed by atoms with E-state index in [2.05, 4.69) is 66.7 Å². The van der Waals surface area contributed by atoms with Crippen LogP contribution in [0.25, 0.3) is 54.6 Å². The molecule has 3 nitrogen and oxygen atoms in total. The van der Waals surface area contributed by atoms with Crippen LogP contribution in [0.3, 0.4) is 0 Å². The predicted molar refractivity (Wildman–Crippen MR) is 177 cm³/mol. The molecule has 2 heterocycles. The zero-order valence-corrected chi connectivity index (χ0v) is 23.6. The molecule has 0 aliphatic heterocycles. The van der Waals surface area contributed by atoms with Gasteiger partial charge in [0.25, 0.3) is 0 Å². The van der Waals surface area contributed by atoms with E-state index in [-0.39, 0.29) is 0 Å². The molecule has 0 saturated heterocycles. The van der Waals surface area contributed by atoms with Gasteiger partial charge in [0.15, 0.2) is 7.14 Å². The third-order valence-corrected chi connectivity index (χ3v) is 11.1. The smallest absolute Gasteiger partial charge is 0.188 e. The fourth-order valence-electron chi connectivity index (χ4n) is 6.23. The highest BCUT2D eigenvalue weighted by molar-refractivity contribution is 7.85. The van der Waals surface area contributed by atoms with E-state index in [9.17, 15) is 0 Å². The third kappa shape index (κ3) is 3.71. The lowest BCUT2D eigenvalue weighted by Gasteiger charge is -2.20. The van der Waals surface area contributed by atoms with Crippen LogP contribution >= 0.6 is 7.14 Å². The molecular weight excluding hydrogens is 531 g/mol. The molecule has 0 bridgehead atoms. The molecule has 6 aromatic carbocycles. The number of hydrogen-bond acceptors (Lipinski definition) is 3. The van der Waals surface area contributed by atoms with Gasteiger partial charge in [0.1, 0.15) is 5.44 Å². The van der Waals surface area contributed by atoms with Crippen molar-refractivity contribution in [2.75, 3.05) is 0 Å². The molecule has 4 heteroatoms. The van der Waals surface area contributed by atoms with E-state index < -0.39 is 7.14 Å². The van der Waals surface area contributed by atoms with Crippen LogP contribution in [-0.2, 0) is 4.57 Å². The topological polar surface area (TPSA) is 42.9 Å². The summed E-state index contributed by atoms with van der Waals surface area (Å²) >= 11 is 0. The first-order chi connectivity index (χ1) is 20.7. The van der Waals surface area contributed by atoms with Crippen molar-refractivity contribution in [2.45, 2.75) is 0 Å². The molecule has 0 atom stereocenters. The molecule has 0 fully saturated rings. The van der Waals surface area contributed by atoms with Crippen LogP contribution in [0.1, 0.15) is 0 Å². The molecule has 8 aromatic rings. The summed E-state index contributed by atoms with van der Waals surface area (Å²) in [6.07, 6.45) is 0. The summed E-state index contributed by atoms with van der Waals surface area (Å²) in [6, 6.07) is 50.6. The summed E-state index contributed by atoms with van der Waals surface area (Å²) in [6.45, 7) is 0. The number of pyridine rings is 2. The molecule has 0 amide bonds. The van der Waals surface area contributed by atoms with Crippen molar-refractivity contribution in [3.05, 3.63) is 152 Å². The van der Waals surface area contributed by atoms with Gasteiger partial charge < -0.3 is 4.57 Å². The second-order valence-corrected chi connectivity index (χ2v) is 13.2. The Labute approximate surface area is 243 Å². The minimum absolute atomic E-state index is 0.547. The molecule has 8 rings (SSSR count). The number of nitrogens with zero attached hydrogens (tertiary/aromatic N) is 2. The van der Waals surface area contributed by atoms with E-state index in [4.69, 9.17) is 9.97 Å². The monoisotopic (exact) mass is 556 g/mol. The fourth-order valence-corrected chi connectivity index (χ4v) is 8.79. The summed E-state index contributed by atoms with van der Waals surface area (Å²) in [5, 5.41) is 9.53. The van der Waals surface area contributed by atoms with Gasteiger partial charge in [-0.25, -0.2) is 9.97 Å². The summed E-state index contributed by atoms with van der Waals surface area (Å²) in [5.41, 5.74) is 2.95. The lowest BCUT2D eigenvalue weighted by atomic mass is 9.91. The highest BCUT2D eigenvalue weighted by Crippen LogP contribution is 2.44. The van der Waals surface area contributed by atoms with Crippen molar-refractivity contribution >= 4 is 66.4 Å². The fraction of sp³-hybridized carbons (Fsp3) is 0. The number of hydrogen-bond donors (Lipinski definition) is 0. The van der Waals surface area contributed by atoms with Gasteiger partial charge in [0, 0.05) is 26.8 Å². The molecule has 0 radical (unpaired) electrons. The van der Waals surface area contributed by atoms with Gasteiger partial charge in [0.2, 0.25) is 0 Å². The third-order valence-electron chi connectivity index (χ3n) is 8.11. The van der Waals surface area contributed by atoms with E-state index in [0.717, 1.165) is 43.4 Å². The molecule has 0 aliphatic rings. The lowest BCUT2D eigenvalue weighted by molar-refractivity contribution is 0.592. The summed E-state index contributed by atoms with van der Waals surface area (Å²) in [7, 11) is -3.26. The van der Waals surface area contributed by atoms with Crippen molar-refractivity contribution in [3.63, 3.8) is 0 Å². The van der Waals surface area contributed by atoms with Gasteiger partial charge in [-0.2, -0.15) is 0 Å². The predicted octanol–water partition coefficient (Wildman–Crippen LogP) is 8.40. The highest BCUT2D eigenvalue weighted by Gasteiger charge is 2.31. The number of benzene rings is 6. The molecule has 198 valence electrons. The van der Waals surface area contributed by atoms with E-state index in [1.807, 2.05) is 84.9 Å². The number of aromatic nitrogens is 2. The Kier molecular flexibility index (Phi) is 5.73. The Morgan fingerprint density at radius 3 is 1.52 bits per heavy atom. The maximum atomic E-state index is 15.2. The van der Waals surface area contributed by atoms with Crippen molar-refractivity contribution in [1.82, 2.24) is 9.97 Å². The summed E-state index contributed by atoms with van der Waals surface area (Å²) < 4.78 is 15.2. The SMILES string of the molecule is O=P(c1ccccc1)(c1ccccc1)c1cccc(-c2nc3ccccc3c3c4ccccc4c4ccccc4c23)n1. The van der Waals surface area contributed by atoms with Crippen molar-refractivity contribution in [2.24, 2.45) is 0 Å². The van der Waals surface area contributed by atoms with Gasteiger partial charge >= 0.3 is 0 Å². The number of para-hydroxylation sites is 1. The highest BCUT2D eigenvalue weighted by atomic mass is 31.2. The Morgan fingerprint density at radius 2 is 0.905 bits per heavy atom. The molecule has 0 aliphatic carbocycles. The van der Waals surface area contributed by atoms with Gasteiger partial charge in [-0.05, 0) is 39.7 Å². The van der Waals surface area contributed by atoms with Crippen LogP contribution in [0.4, 0.5) is 0 Å². The van der Waals surface area contributed by atoms with Crippen molar-refractivity contribution in [3.8, 4) is 11.4 Å². The van der Waals surface area contributed by atoms with Crippen LogP contribution in [0, 0.1) is 0 Å². The minimum atomic E-state index is -3.26. The largest absolute Gasteiger partial charge is 0.307 e. The molecule has 0 unspecified atom stereocenters. The first-order valence-electron chi connectivity index (χ1n) is 14.0. The molecule has 0 spiro atoms. The van der Waals surface area contributed by atoms with Crippen LogP contribution in [0.15, 0.2) is 152 Å². The lowest BCUT2D eigenvalue weighted by Crippen LogP contribution is -2.27. The quantitative estimate of drug-likeness (QED) is 0.162. The van der Waals surface area contributed by atoms with Gasteiger partial charge in [-0.15, -0.1) is 0 Å². The Balaban J connectivity index is 1.50. The van der Waals surface area contributed by atoms with Crippen LogP contribution in [0.5, 0.6) is 0 Å². The second kappa shape index (κ2) is 9.76. The van der Waals surface area contributed by atoms with Gasteiger partial charge in [-0.3, -0.25) is 0 Å². The van der Waals surface area contributed by atoms with Crippen LogP contribution in [-0.4, -0.2) is 9.97 Å². The van der Waals surface area contributed by atoms with Gasteiger partial charge in [0.05, 0.1) is 16.9 Å². The normalized spacial score (nSPS) is 11.9. The van der Waals surface area contributed by atoms with Crippen LogP contribution < -0.4 is 16.0 Å². The van der Waals surface area contributed by atoms with Crippen molar-refractivity contribution in [1.29, 1.82) is 0 Å². The average molecular weight is 557 g/mol. The molecule has 0 saturated carbocycles. The van der Waals surface area contributed by atoms with Crippen molar-refractivity contribution < 1.29 is 4.57 Å². The summed E-state index contributed by atoms with van der Waals surface area (Å²) in [4.78, 5) is 10.4. The average Bonchev–Trinajstić information content (AvgIpc) is 3.08. The Morgan fingerprint density at radius 1 is 0.405 bits per heavy atom. The zero-order chi connectivity index (χ0) is 28.1.